The molecule has 2 rings (SSSR count). The van der Waals surface area contributed by atoms with E-state index in [-0.39, 0.29) is 49.8 Å². The number of carboxylic acids is 2. The van der Waals surface area contributed by atoms with E-state index >= 15 is 0 Å². The SMILES string of the molecule is CC1CCC(C(C)C)C(OC(=O)CCCC(=O)O)C1.CC1CCC(C(C)C)C(OC(=O)CCCC(=O)[O-])C1. The minimum absolute atomic E-state index is 0.000738. The van der Waals surface area contributed by atoms with Crippen molar-refractivity contribution in [2.45, 2.75) is 131 Å². The topological polar surface area (TPSA) is 130 Å². The van der Waals surface area contributed by atoms with Crippen molar-refractivity contribution >= 4 is 23.9 Å². The Kier molecular flexibility index (Phi) is 15.6. The highest BCUT2D eigenvalue weighted by atomic mass is 16.5. The first-order chi connectivity index (χ1) is 17.8. The Morgan fingerprint density at radius 1 is 0.711 bits per heavy atom. The van der Waals surface area contributed by atoms with Gasteiger partial charge in [0.1, 0.15) is 12.2 Å². The summed E-state index contributed by atoms with van der Waals surface area (Å²) in [4.78, 5) is 44.2. The molecular weight excluding hydrogens is 488 g/mol. The van der Waals surface area contributed by atoms with Crippen molar-refractivity contribution in [2.75, 3.05) is 0 Å². The molecule has 2 aliphatic carbocycles. The van der Waals surface area contributed by atoms with Crippen LogP contribution in [0.5, 0.6) is 0 Å². The largest absolute Gasteiger partial charge is 0.550 e. The van der Waals surface area contributed by atoms with Crippen molar-refractivity contribution in [2.24, 2.45) is 35.5 Å². The molecule has 1 N–H and O–H groups in total. The minimum Gasteiger partial charge on any atom is -0.550 e. The highest BCUT2D eigenvalue weighted by Crippen LogP contribution is 2.36. The first-order valence-corrected chi connectivity index (χ1v) is 14.6. The normalized spacial score (nSPS) is 27.3. The smallest absolute Gasteiger partial charge is 0.306 e. The molecule has 6 atom stereocenters. The third-order valence-electron chi connectivity index (χ3n) is 8.02. The van der Waals surface area contributed by atoms with Crippen LogP contribution in [0.25, 0.3) is 0 Å². The van der Waals surface area contributed by atoms with Gasteiger partial charge < -0.3 is 24.5 Å². The van der Waals surface area contributed by atoms with E-state index in [0.717, 1.165) is 25.7 Å². The second kappa shape index (κ2) is 17.5. The van der Waals surface area contributed by atoms with Crippen LogP contribution in [0.4, 0.5) is 0 Å². The molecule has 220 valence electrons. The number of rotatable bonds is 12. The zero-order valence-corrected chi connectivity index (χ0v) is 24.4. The Morgan fingerprint density at radius 2 is 1.11 bits per heavy atom. The summed E-state index contributed by atoms with van der Waals surface area (Å²) in [5, 5.41) is 18.8. The standard InChI is InChI=1S/2C15H26O4/c2*1-10(2)12-8-7-11(3)9-13(12)19-15(18)6-4-5-14(16)17/h2*10-13H,4-9H2,1-3H3,(H,16,17)/p-1. The average molecular weight is 540 g/mol. The van der Waals surface area contributed by atoms with Gasteiger partial charge in [-0.05, 0) is 80.5 Å². The first-order valence-electron chi connectivity index (χ1n) is 14.6. The molecule has 0 spiro atoms. The molecule has 0 amide bonds. The van der Waals surface area contributed by atoms with Crippen molar-refractivity contribution in [3.05, 3.63) is 0 Å². The van der Waals surface area contributed by atoms with Gasteiger partial charge in [0.25, 0.3) is 0 Å². The molecule has 2 aliphatic rings. The fourth-order valence-corrected chi connectivity index (χ4v) is 5.72. The summed E-state index contributed by atoms with van der Waals surface area (Å²) in [5.74, 6) is 0.608. The Labute approximate surface area is 229 Å². The second-order valence-corrected chi connectivity index (χ2v) is 12.2. The molecule has 8 nitrogen and oxygen atoms in total. The Balaban J connectivity index is 0.000000380. The zero-order valence-electron chi connectivity index (χ0n) is 24.4. The molecule has 8 heteroatoms. The van der Waals surface area contributed by atoms with Crippen LogP contribution in [0.3, 0.4) is 0 Å². The number of esters is 2. The molecule has 0 aromatic carbocycles. The molecule has 0 aromatic rings. The maximum atomic E-state index is 11.8. The van der Waals surface area contributed by atoms with Crippen molar-refractivity contribution in [1.82, 2.24) is 0 Å². The maximum absolute atomic E-state index is 11.8. The molecule has 0 saturated heterocycles. The lowest BCUT2D eigenvalue weighted by Crippen LogP contribution is -2.35. The predicted molar refractivity (Wildman–Crippen MR) is 143 cm³/mol. The van der Waals surface area contributed by atoms with E-state index in [2.05, 4.69) is 41.5 Å². The molecule has 0 heterocycles. The summed E-state index contributed by atoms with van der Waals surface area (Å²) in [7, 11) is 0. The fourth-order valence-electron chi connectivity index (χ4n) is 5.72. The van der Waals surface area contributed by atoms with Crippen LogP contribution in [0.1, 0.15) is 119 Å². The summed E-state index contributed by atoms with van der Waals surface area (Å²) < 4.78 is 11.2. The Morgan fingerprint density at radius 3 is 1.45 bits per heavy atom. The molecule has 0 bridgehead atoms. The van der Waals surface area contributed by atoms with Gasteiger partial charge in [-0.25, -0.2) is 0 Å². The number of carboxylic acid groups (broad SMARTS) is 2. The van der Waals surface area contributed by atoms with E-state index < -0.39 is 11.9 Å². The van der Waals surface area contributed by atoms with Crippen molar-refractivity contribution in [1.29, 1.82) is 0 Å². The third-order valence-corrected chi connectivity index (χ3v) is 8.02. The molecule has 0 aromatic heterocycles. The van der Waals surface area contributed by atoms with Crippen LogP contribution in [0.15, 0.2) is 0 Å². The highest BCUT2D eigenvalue weighted by Gasteiger charge is 2.34. The molecule has 0 aliphatic heterocycles. The number of hydrogen-bond donors (Lipinski definition) is 1. The molecule has 6 unspecified atom stereocenters. The van der Waals surface area contributed by atoms with Crippen molar-refractivity contribution < 1.29 is 38.9 Å². The summed E-state index contributed by atoms with van der Waals surface area (Å²) in [6.07, 6.45) is 7.50. The van der Waals surface area contributed by atoms with Crippen molar-refractivity contribution in [3.8, 4) is 0 Å². The lowest BCUT2D eigenvalue weighted by Gasteiger charge is -2.36. The van der Waals surface area contributed by atoms with Gasteiger partial charge in [-0.15, -0.1) is 0 Å². The van der Waals surface area contributed by atoms with Gasteiger partial charge in [-0.1, -0.05) is 54.4 Å². The van der Waals surface area contributed by atoms with E-state index in [1.54, 1.807) is 0 Å². The van der Waals surface area contributed by atoms with Crippen LogP contribution in [-0.4, -0.2) is 41.2 Å². The first kappa shape index (κ1) is 33.9. The van der Waals surface area contributed by atoms with Gasteiger partial charge in [0, 0.05) is 25.2 Å². The molecule has 38 heavy (non-hydrogen) atoms. The van der Waals surface area contributed by atoms with Crippen molar-refractivity contribution in [3.63, 3.8) is 0 Å². The Bertz CT molecular complexity index is 685. The number of ether oxygens (including phenoxy) is 2. The van der Waals surface area contributed by atoms with Crippen LogP contribution in [0.2, 0.25) is 0 Å². The number of carbonyl (C=O) groups excluding carboxylic acids is 3. The van der Waals surface area contributed by atoms with Gasteiger partial charge in [-0.3, -0.25) is 14.4 Å². The number of hydrogen-bond acceptors (Lipinski definition) is 7. The lowest BCUT2D eigenvalue weighted by molar-refractivity contribution is -0.305. The summed E-state index contributed by atoms with van der Waals surface area (Å²) in [5.41, 5.74) is 0. The summed E-state index contributed by atoms with van der Waals surface area (Å²) in [6.45, 7) is 13.1. The molecule has 2 saturated carbocycles. The average Bonchev–Trinajstić information content (AvgIpc) is 2.78. The predicted octanol–water partition coefficient (Wildman–Crippen LogP) is 5.16. The maximum Gasteiger partial charge on any atom is 0.306 e. The van der Waals surface area contributed by atoms with Gasteiger partial charge in [-0.2, -0.15) is 0 Å². The monoisotopic (exact) mass is 539 g/mol. The Hall–Kier alpha value is -2.12. The van der Waals surface area contributed by atoms with Crippen LogP contribution >= 0.6 is 0 Å². The summed E-state index contributed by atoms with van der Waals surface area (Å²) >= 11 is 0. The van der Waals surface area contributed by atoms with Crippen LogP contribution in [-0.2, 0) is 28.7 Å². The zero-order chi connectivity index (χ0) is 28.8. The van der Waals surface area contributed by atoms with E-state index in [0.29, 0.717) is 48.3 Å². The lowest BCUT2D eigenvalue weighted by atomic mass is 9.75. The quantitative estimate of drug-likeness (QED) is 0.337. The third kappa shape index (κ3) is 13.6. The van der Waals surface area contributed by atoms with E-state index in [1.807, 2.05) is 0 Å². The van der Waals surface area contributed by atoms with Crippen LogP contribution < -0.4 is 5.11 Å². The number of carbonyl (C=O) groups is 4. The van der Waals surface area contributed by atoms with Crippen LogP contribution in [0, 0.1) is 35.5 Å². The van der Waals surface area contributed by atoms with Gasteiger partial charge >= 0.3 is 17.9 Å². The number of aliphatic carboxylic acids is 2. The highest BCUT2D eigenvalue weighted by molar-refractivity contribution is 5.72. The fraction of sp³-hybridized carbons (Fsp3) is 0.867. The van der Waals surface area contributed by atoms with E-state index in [9.17, 15) is 24.3 Å². The van der Waals surface area contributed by atoms with E-state index in [4.69, 9.17) is 14.6 Å². The van der Waals surface area contributed by atoms with E-state index in [1.165, 1.54) is 12.8 Å². The molecule has 0 radical (unpaired) electrons. The van der Waals surface area contributed by atoms with Gasteiger partial charge in [0.2, 0.25) is 0 Å². The second-order valence-electron chi connectivity index (χ2n) is 12.2. The van der Waals surface area contributed by atoms with Gasteiger partial charge in [0.05, 0.1) is 0 Å². The summed E-state index contributed by atoms with van der Waals surface area (Å²) in [6, 6.07) is 0. The van der Waals surface area contributed by atoms with Gasteiger partial charge in [0.15, 0.2) is 0 Å². The molecular formula is C30H51O8-. The molecule has 2 fully saturated rings. The minimum atomic E-state index is -1.11.